The summed E-state index contributed by atoms with van der Waals surface area (Å²) in [6, 6.07) is 25.3. The number of carbonyl (C=O) groups is 3. The molecule has 2 amide bonds. The Kier molecular flexibility index (Phi) is 7.89. The summed E-state index contributed by atoms with van der Waals surface area (Å²) in [4.78, 5) is 42.1. The van der Waals surface area contributed by atoms with Crippen LogP contribution in [0.15, 0.2) is 78.9 Å². The van der Waals surface area contributed by atoms with E-state index >= 15 is 0 Å². The van der Waals surface area contributed by atoms with Gasteiger partial charge in [0.05, 0.1) is 0 Å². The average molecular weight is 542 g/mol. The lowest BCUT2D eigenvalue weighted by atomic mass is 9.85. The van der Waals surface area contributed by atoms with Gasteiger partial charge in [-0.1, -0.05) is 78.9 Å². The van der Waals surface area contributed by atoms with Gasteiger partial charge in [0.1, 0.15) is 18.2 Å². The zero-order chi connectivity index (χ0) is 28.3. The summed E-state index contributed by atoms with van der Waals surface area (Å²) >= 11 is 0. The van der Waals surface area contributed by atoms with Crippen LogP contribution in [-0.2, 0) is 20.9 Å². The number of piperidine rings is 1. The molecule has 40 heavy (non-hydrogen) atoms. The molecule has 8 nitrogen and oxygen atoms in total. The number of ether oxygens (including phenoxy) is 1. The van der Waals surface area contributed by atoms with Crippen molar-refractivity contribution in [3.8, 4) is 11.1 Å². The fourth-order valence-corrected chi connectivity index (χ4v) is 5.84. The number of alkyl carbamates (subject to hydrolysis) is 1. The van der Waals surface area contributed by atoms with Gasteiger partial charge in [0, 0.05) is 32.6 Å². The number of aliphatic carboxylic acids is 1. The molecule has 1 heterocycles. The summed E-state index contributed by atoms with van der Waals surface area (Å²) in [5.74, 6) is -1.63. The standard InChI is InChI=1S/C32H35N3O5/c1-22(29(36)37)34(2)30(38)32(16-18-35(19-17-32)20-23-10-4-3-5-11-23)33-31(39)40-21-28-26-14-8-6-12-24(26)25-13-7-9-15-27(25)28/h3-15,22,28H,16-21H2,1-2H3,(H,33,39)(H,36,37). The fourth-order valence-electron chi connectivity index (χ4n) is 5.84. The molecule has 0 spiro atoms. The maximum absolute atomic E-state index is 13.7. The van der Waals surface area contributed by atoms with Crippen LogP contribution in [0, 0.1) is 0 Å². The molecular formula is C32H35N3O5. The number of nitrogens with zero attached hydrogens (tertiary/aromatic N) is 2. The summed E-state index contributed by atoms with van der Waals surface area (Å²) in [5, 5.41) is 12.4. The van der Waals surface area contributed by atoms with Crippen molar-refractivity contribution in [3.63, 3.8) is 0 Å². The number of amides is 2. The first-order valence-electron chi connectivity index (χ1n) is 13.7. The lowest BCUT2D eigenvalue weighted by molar-refractivity contribution is -0.152. The summed E-state index contributed by atoms with van der Waals surface area (Å²) in [6.07, 6.45) is 0.0158. The van der Waals surface area contributed by atoms with Crippen LogP contribution in [0.5, 0.6) is 0 Å². The van der Waals surface area contributed by atoms with Gasteiger partial charge in [0.2, 0.25) is 5.91 Å². The van der Waals surface area contributed by atoms with Gasteiger partial charge in [-0.3, -0.25) is 9.69 Å². The number of likely N-dealkylation sites (N-methyl/N-ethyl adjacent to an activating group) is 1. The largest absolute Gasteiger partial charge is 0.480 e. The molecule has 0 radical (unpaired) electrons. The lowest BCUT2D eigenvalue weighted by Crippen LogP contribution is -2.64. The van der Waals surface area contributed by atoms with Gasteiger partial charge in [-0.25, -0.2) is 9.59 Å². The first-order chi connectivity index (χ1) is 19.3. The molecule has 0 aromatic heterocycles. The molecular weight excluding hydrogens is 506 g/mol. The predicted molar refractivity (Wildman–Crippen MR) is 152 cm³/mol. The van der Waals surface area contributed by atoms with E-state index in [0.717, 1.165) is 28.8 Å². The van der Waals surface area contributed by atoms with Gasteiger partial charge in [0.25, 0.3) is 0 Å². The monoisotopic (exact) mass is 541 g/mol. The third kappa shape index (κ3) is 5.45. The molecule has 1 unspecified atom stereocenters. The summed E-state index contributed by atoms with van der Waals surface area (Å²) in [6.45, 7) is 3.47. The second kappa shape index (κ2) is 11.5. The van der Waals surface area contributed by atoms with Gasteiger partial charge in [-0.05, 0) is 47.6 Å². The first-order valence-corrected chi connectivity index (χ1v) is 13.7. The molecule has 5 rings (SSSR count). The van der Waals surface area contributed by atoms with Crippen LogP contribution in [0.1, 0.15) is 42.4 Å². The Morgan fingerprint density at radius 3 is 2.08 bits per heavy atom. The summed E-state index contributed by atoms with van der Waals surface area (Å²) in [7, 11) is 1.47. The Hall–Kier alpha value is -4.17. The molecule has 3 aromatic rings. The molecule has 0 saturated carbocycles. The molecule has 3 aromatic carbocycles. The number of benzene rings is 3. The van der Waals surface area contributed by atoms with Gasteiger partial charge in [-0.2, -0.15) is 0 Å². The van der Waals surface area contributed by atoms with Gasteiger partial charge >= 0.3 is 12.1 Å². The van der Waals surface area contributed by atoms with E-state index < -0.39 is 29.6 Å². The Morgan fingerprint density at radius 1 is 0.950 bits per heavy atom. The van der Waals surface area contributed by atoms with Gasteiger partial charge in [-0.15, -0.1) is 0 Å². The van der Waals surface area contributed by atoms with Crippen LogP contribution >= 0.6 is 0 Å². The molecule has 1 fully saturated rings. The molecule has 208 valence electrons. The van der Waals surface area contributed by atoms with E-state index in [-0.39, 0.29) is 12.5 Å². The molecule has 1 aliphatic carbocycles. The zero-order valence-corrected chi connectivity index (χ0v) is 22.9. The molecule has 1 atom stereocenters. The maximum Gasteiger partial charge on any atom is 0.408 e. The Morgan fingerprint density at radius 2 is 1.50 bits per heavy atom. The third-order valence-corrected chi connectivity index (χ3v) is 8.31. The molecule has 0 bridgehead atoms. The van der Waals surface area contributed by atoms with E-state index in [1.54, 1.807) is 0 Å². The number of likely N-dealkylation sites (tertiary alicyclic amines) is 1. The van der Waals surface area contributed by atoms with E-state index in [2.05, 4.69) is 46.6 Å². The Balaban J connectivity index is 1.30. The third-order valence-electron chi connectivity index (χ3n) is 8.31. The van der Waals surface area contributed by atoms with Crippen molar-refractivity contribution in [3.05, 3.63) is 95.6 Å². The highest BCUT2D eigenvalue weighted by atomic mass is 16.5. The average Bonchev–Trinajstić information content (AvgIpc) is 3.30. The molecule has 8 heteroatoms. The number of hydrogen-bond donors (Lipinski definition) is 2. The van der Waals surface area contributed by atoms with Crippen molar-refractivity contribution < 1.29 is 24.2 Å². The van der Waals surface area contributed by atoms with Gasteiger partial charge < -0.3 is 20.1 Å². The second-order valence-electron chi connectivity index (χ2n) is 10.7. The van der Waals surface area contributed by atoms with E-state index in [9.17, 15) is 19.5 Å². The number of hydrogen-bond acceptors (Lipinski definition) is 5. The van der Waals surface area contributed by atoms with Crippen molar-refractivity contribution in [2.45, 2.75) is 43.8 Å². The van der Waals surface area contributed by atoms with Crippen LogP contribution < -0.4 is 5.32 Å². The maximum atomic E-state index is 13.7. The minimum absolute atomic E-state index is 0.104. The number of carboxylic acids is 1. The van der Waals surface area contributed by atoms with Crippen LogP contribution in [0.2, 0.25) is 0 Å². The number of nitrogens with one attached hydrogen (secondary N) is 1. The quantitative estimate of drug-likeness (QED) is 0.436. The topological polar surface area (TPSA) is 99.2 Å². The van der Waals surface area contributed by atoms with Crippen molar-refractivity contribution in [2.75, 3.05) is 26.7 Å². The fraction of sp³-hybridized carbons (Fsp3) is 0.344. The summed E-state index contributed by atoms with van der Waals surface area (Å²) in [5.41, 5.74) is 4.39. The van der Waals surface area contributed by atoms with Crippen LogP contribution in [0.3, 0.4) is 0 Å². The molecule has 1 aliphatic heterocycles. The van der Waals surface area contributed by atoms with Crippen molar-refractivity contribution in [2.24, 2.45) is 0 Å². The minimum atomic E-state index is -1.26. The van der Waals surface area contributed by atoms with Crippen LogP contribution in [0.4, 0.5) is 4.79 Å². The Labute approximate surface area is 234 Å². The highest BCUT2D eigenvalue weighted by Gasteiger charge is 2.46. The van der Waals surface area contributed by atoms with E-state index in [1.807, 2.05) is 42.5 Å². The van der Waals surface area contributed by atoms with Crippen LogP contribution in [-0.4, -0.2) is 71.2 Å². The number of carbonyl (C=O) groups excluding carboxylic acids is 2. The first kappa shape index (κ1) is 27.4. The normalized spacial score (nSPS) is 16.9. The van der Waals surface area contributed by atoms with E-state index in [4.69, 9.17) is 4.74 Å². The highest BCUT2D eigenvalue weighted by Crippen LogP contribution is 2.44. The van der Waals surface area contributed by atoms with E-state index in [1.165, 1.54) is 24.4 Å². The molecule has 2 N–H and O–H groups in total. The minimum Gasteiger partial charge on any atom is -0.480 e. The smallest absolute Gasteiger partial charge is 0.408 e. The lowest BCUT2D eigenvalue weighted by Gasteiger charge is -2.43. The second-order valence-corrected chi connectivity index (χ2v) is 10.7. The number of fused-ring (bicyclic) bond motifs is 3. The number of rotatable bonds is 8. The van der Waals surface area contributed by atoms with Gasteiger partial charge in [0.15, 0.2) is 0 Å². The van der Waals surface area contributed by atoms with E-state index in [0.29, 0.717) is 25.9 Å². The SMILES string of the molecule is CC(C(=O)O)N(C)C(=O)C1(NC(=O)OCC2c3ccccc3-c3ccccc32)CCN(Cc2ccccc2)CC1. The zero-order valence-electron chi connectivity index (χ0n) is 22.9. The molecule has 2 aliphatic rings. The van der Waals surface area contributed by atoms with Crippen molar-refractivity contribution in [1.82, 2.24) is 15.1 Å². The highest BCUT2D eigenvalue weighted by molar-refractivity contribution is 5.92. The van der Waals surface area contributed by atoms with Crippen molar-refractivity contribution >= 4 is 18.0 Å². The van der Waals surface area contributed by atoms with Crippen LogP contribution in [0.25, 0.3) is 11.1 Å². The van der Waals surface area contributed by atoms with Crippen molar-refractivity contribution in [1.29, 1.82) is 0 Å². The predicted octanol–water partition coefficient (Wildman–Crippen LogP) is 4.49. The Bertz CT molecular complexity index is 1340. The number of carboxylic acid groups (broad SMARTS) is 1. The molecule has 1 saturated heterocycles. The summed E-state index contributed by atoms with van der Waals surface area (Å²) < 4.78 is 5.78.